The summed E-state index contributed by atoms with van der Waals surface area (Å²) in [7, 11) is 0. The van der Waals surface area contributed by atoms with E-state index in [1.165, 1.54) is 0 Å². The van der Waals surface area contributed by atoms with Gasteiger partial charge >= 0.3 is 0 Å². The molecule has 12 heavy (non-hydrogen) atoms. The maximum absolute atomic E-state index is 10.7. The second-order valence-corrected chi connectivity index (χ2v) is 2.57. The lowest BCUT2D eigenvalue weighted by molar-refractivity contribution is -0.125. The average molecular weight is 167 g/mol. The summed E-state index contributed by atoms with van der Waals surface area (Å²) in [5.41, 5.74) is 0. The van der Waals surface area contributed by atoms with Crippen LogP contribution in [0.25, 0.3) is 0 Å². The van der Waals surface area contributed by atoms with Crippen molar-refractivity contribution >= 4 is 5.91 Å². The molecule has 0 saturated carbocycles. The Morgan fingerprint density at radius 1 is 1.58 bits per heavy atom. The van der Waals surface area contributed by atoms with Gasteiger partial charge in [0.2, 0.25) is 5.91 Å². The highest BCUT2D eigenvalue weighted by Crippen LogP contribution is 2.08. The summed E-state index contributed by atoms with van der Waals surface area (Å²) >= 11 is 0. The zero-order chi connectivity index (χ0) is 9.40. The van der Waals surface area contributed by atoms with Crippen molar-refractivity contribution in [2.75, 3.05) is 6.54 Å². The maximum Gasteiger partial charge on any atom is 0.226 e. The maximum atomic E-state index is 10.7. The van der Waals surface area contributed by atoms with Crippen molar-refractivity contribution in [3.05, 3.63) is 25.4 Å². The van der Waals surface area contributed by atoms with E-state index in [0.29, 0.717) is 6.42 Å². The Labute approximate surface area is 74.6 Å². The molecule has 1 aliphatic heterocycles. The predicted octanol–water partition coefficient (Wildman–Crippen LogP) is 2.33. The molecule has 0 aromatic rings. The van der Waals surface area contributed by atoms with Crippen LogP contribution in [0, 0.1) is 0 Å². The van der Waals surface area contributed by atoms with Gasteiger partial charge in [-0.2, -0.15) is 0 Å². The molecule has 0 aliphatic carbocycles. The summed E-state index contributed by atoms with van der Waals surface area (Å²) < 4.78 is 0. The molecule has 0 spiro atoms. The number of amides is 1. The van der Waals surface area contributed by atoms with Crippen LogP contribution in [0.2, 0.25) is 0 Å². The number of likely N-dealkylation sites (tertiary alicyclic amines) is 1. The van der Waals surface area contributed by atoms with Crippen molar-refractivity contribution in [3.63, 3.8) is 0 Å². The van der Waals surface area contributed by atoms with Crippen LogP contribution in [0.3, 0.4) is 0 Å². The van der Waals surface area contributed by atoms with Gasteiger partial charge in [-0.25, -0.2) is 0 Å². The molecule has 1 saturated heterocycles. The largest absolute Gasteiger partial charge is 0.320 e. The number of hydrogen-bond acceptors (Lipinski definition) is 1. The summed E-state index contributed by atoms with van der Waals surface area (Å²) in [6.45, 7) is 9.90. The Hall–Kier alpha value is -1.05. The number of allylic oxidation sites excluding steroid dienone is 1. The third kappa shape index (κ3) is 3.96. The van der Waals surface area contributed by atoms with Gasteiger partial charge in [0.05, 0.1) is 0 Å². The standard InChI is InChI=1S/C6H9NO.C4H8/c1-2-7-5-3-4-6(7)8;1-3-4-2/h2H,1,3-5H2;3H,1,4H2,2H3. The van der Waals surface area contributed by atoms with Crippen molar-refractivity contribution in [1.29, 1.82) is 0 Å². The molecule has 2 heteroatoms. The lowest BCUT2D eigenvalue weighted by Gasteiger charge is -2.05. The molecule has 0 aromatic carbocycles. The molecule has 1 fully saturated rings. The normalized spacial score (nSPS) is 15.1. The van der Waals surface area contributed by atoms with Gasteiger partial charge in [-0.1, -0.05) is 19.6 Å². The molecule has 0 atom stereocenters. The number of carbonyl (C=O) groups is 1. The SMILES string of the molecule is C=CCC.C=CN1CCCC1=O. The van der Waals surface area contributed by atoms with Gasteiger partial charge in [0.25, 0.3) is 0 Å². The molecule has 1 aliphatic rings. The number of hydrogen-bond donors (Lipinski definition) is 0. The molecule has 0 radical (unpaired) electrons. The molecule has 2 nitrogen and oxygen atoms in total. The molecule has 0 aromatic heterocycles. The average Bonchev–Trinajstić information content (AvgIpc) is 2.51. The van der Waals surface area contributed by atoms with E-state index in [2.05, 4.69) is 20.1 Å². The fourth-order valence-corrected chi connectivity index (χ4v) is 0.862. The Morgan fingerprint density at radius 2 is 2.17 bits per heavy atom. The first-order valence-corrected chi connectivity index (χ1v) is 4.29. The quantitative estimate of drug-likeness (QED) is 0.578. The van der Waals surface area contributed by atoms with E-state index in [9.17, 15) is 4.79 Å². The minimum absolute atomic E-state index is 0.208. The molecular weight excluding hydrogens is 150 g/mol. The first-order chi connectivity index (χ1) is 5.76. The number of nitrogens with zero attached hydrogens (tertiary/aromatic N) is 1. The fraction of sp³-hybridized carbons (Fsp3) is 0.500. The molecule has 68 valence electrons. The number of rotatable bonds is 2. The highest BCUT2D eigenvalue weighted by Gasteiger charge is 2.15. The van der Waals surface area contributed by atoms with Gasteiger partial charge in [-0.05, 0) is 19.0 Å². The van der Waals surface area contributed by atoms with Crippen molar-refractivity contribution in [2.24, 2.45) is 0 Å². The third-order valence-electron chi connectivity index (χ3n) is 1.62. The monoisotopic (exact) mass is 167 g/mol. The van der Waals surface area contributed by atoms with Crippen molar-refractivity contribution in [2.45, 2.75) is 26.2 Å². The van der Waals surface area contributed by atoms with Crippen LogP contribution >= 0.6 is 0 Å². The highest BCUT2D eigenvalue weighted by atomic mass is 16.2. The molecule has 1 rings (SSSR count). The van der Waals surface area contributed by atoms with E-state index in [1.54, 1.807) is 11.1 Å². The van der Waals surface area contributed by atoms with Crippen molar-refractivity contribution in [1.82, 2.24) is 4.90 Å². The van der Waals surface area contributed by atoms with Crippen molar-refractivity contribution < 1.29 is 4.79 Å². The Kier molecular flexibility index (Phi) is 6.07. The summed E-state index contributed by atoms with van der Waals surface area (Å²) in [4.78, 5) is 12.3. The van der Waals surface area contributed by atoms with E-state index in [-0.39, 0.29) is 5.91 Å². The Morgan fingerprint density at radius 3 is 2.33 bits per heavy atom. The topological polar surface area (TPSA) is 20.3 Å². The van der Waals surface area contributed by atoms with Crippen LogP contribution < -0.4 is 0 Å². The zero-order valence-corrected chi connectivity index (χ0v) is 7.75. The minimum Gasteiger partial charge on any atom is -0.320 e. The minimum atomic E-state index is 0.208. The third-order valence-corrected chi connectivity index (χ3v) is 1.62. The molecular formula is C10H17NO. The van der Waals surface area contributed by atoms with Gasteiger partial charge in [-0.3, -0.25) is 4.79 Å². The lowest BCUT2D eigenvalue weighted by Crippen LogP contribution is -2.16. The highest BCUT2D eigenvalue weighted by molar-refractivity contribution is 5.78. The second-order valence-electron chi connectivity index (χ2n) is 2.57. The smallest absolute Gasteiger partial charge is 0.226 e. The summed E-state index contributed by atoms with van der Waals surface area (Å²) in [5.74, 6) is 0.208. The van der Waals surface area contributed by atoms with Crippen LogP contribution in [0.4, 0.5) is 0 Å². The van der Waals surface area contributed by atoms with Crippen LogP contribution in [0.1, 0.15) is 26.2 Å². The summed E-state index contributed by atoms with van der Waals surface area (Å²) in [5, 5.41) is 0. The first kappa shape index (κ1) is 11.0. The molecule has 1 amide bonds. The van der Waals surface area contributed by atoms with Crippen LogP contribution in [-0.4, -0.2) is 17.4 Å². The molecule has 0 bridgehead atoms. The van der Waals surface area contributed by atoms with Gasteiger partial charge in [-0.15, -0.1) is 6.58 Å². The van der Waals surface area contributed by atoms with E-state index in [0.717, 1.165) is 19.4 Å². The van der Waals surface area contributed by atoms with Crippen molar-refractivity contribution in [3.8, 4) is 0 Å². The molecule has 1 heterocycles. The van der Waals surface area contributed by atoms with Gasteiger partial charge < -0.3 is 4.90 Å². The van der Waals surface area contributed by atoms with Gasteiger partial charge in [0.15, 0.2) is 0 Å². The first-order valence-electron chi connectivity index (χ1n) is 4.29. The summed E-state index contributed by atoms with van der Waals surface area (Å²) in [6, 6.07) is 0. The van der Waals surface area contributed by atoms with E-state index >= 15 is 0 Å². The molecule has 0 N–H and O–H groups in total. The summed E-state index contributed by atoms with van der Waals surface area (Å²) in [6.07, 6.45) is 6.24. The second kappa shape index (κ2) is 6.65. The lowest BCUT2D eigenvalue weighted by atomic mass is 10.4. The Bertz CT molecular complexity index is 163. The zero-order valence-electron chi connectivity index (χ0n) is 7.75. The molecule has 0 unspecified atom stereocenters. The van der Waals surface area contributed by atoms with Gasteiger partial charge in [0.1, 0.15) is 0 Å². The Balaban J connectivity index is 0.000000261. The predicted molar refractivity (Wildman–Crippen MR) is 51.6 cm³/mol. The van der Waals surface area contributed by atoms with E-state index in [1.807, 2.05) is 6.08 Å². The van der Waals surface area contributed by atoms with Gasteiger partial charge in [0, 0.05) is 13.0 Å². The van der Waals surface area contributed by atoms with Crippen LogP contribution in [0.15, 0.2) is 25.4 Å². The van der Waals surface area contributed by atoms with Crippen LogP contribution in [0.5, 0.6) is 0 Å². The van der Waals surface area contributed by atoms with Crippen LogP contribution in [-0.2, 0) is 4.79 Å². The van der Waals surface area contributed by atoms with E-state index in [4.69, 9.17) is 0 Å². The fourth-order valence-electron chi connectivity index (χ4n) is 0.862. The number of carbonyl (C=O) groups excluding carboxylic acids is 1. The van der Waals surface area contributed by atoms with E-state index < -0.39 is 0 Å².